The Bertz CT molecular complexity index is 870. The monoisotopic (exact) mass is 358 g/mol. The van der Waals surface area contributed by atoms with E-state index in [0.717, 1.165) is 0 Å². The molecule has 0 saturated heterocycles. The van der Waals surface area contributed by atoms with Crippen LogP contribution in [-0.4, -0.2) is 23.6 Å². The van der Waals surface area contributed by atoms with E-state index in [-0.39, 0.29) is 16.9 Å². The molecule has 0 atom stereocenters. The number of carbonyl (C=O) groups is 2. The van der Waals surface area contributed by atoms with Crippen molar-refractivity contribution in [2.45, 2.75) is 6.61 Å². The lowest BCUT2D eigenvalue weighted by molar-refractivity contribution is -0.112. The Hall–Kier alpha value is -3.73. The zero-order chi connectivity index (χ0) is 19.1. The van der Waals surface area contributed by atoms with Crippen LogP contribution in [0.4, 0.5) is 14.5 Å². The van der Waals surface area contributed by atoms with Crippen LogP contribution >= 0.6 is 0 Å². The lowest BCUT2D eigenvalue weighted by atomic mass is 10.1. The first kappa shape index (κ1) is 18.6. The summed E-state index contributed by atoms with van der Waals surface area (Å²) in [5.74, 6) is -1.83. The quantitative estimate of drug-likeness (QED) is 0.608. The maximum absolute atomic E-state index is 12.1. The molecule has 6 nitrogen and oxygen atoms in total. The maximum atomic E-state index is 12.1. The van der Waals surface area contributed by atoms with Crippen LogP contribution in [0, 0.1) is 11.3 Å². The van der Waals surface area contributed by atoms with Crippen molar-refractivity contribution in [1.29, 1.82) is 5.26 Å². The van der Waals surface area contributed by atoms with Gasteiger partial charge >= 0.3 is 12.6 Å². The zero-order valence-electron chi connectivity index (χ0n) is 13.1. The molecule has 0 fully saturated rings. The van der Waals surface area contributed by atoms with Gasteiger partial charge in [0.1, 0.15) is 17.4 Å². The molecule has 2 aromatic rings. The number of rotatable bonds is 6. The number of ether oxygens (including phenoxy) is 1. The number of carboxylic acid groups (broad SMARTS) is 1. The van der Waals surface area contributed by atoms with E-state index in [1.165, 1.54) is 54.6 Å². The highest BCUT2D eigenvalue weighted by molar-refractivity contribution is 6.09. The summed E-state index contributed by atoms with van der Waals surface area (Å²) in [5, 5.41) is 20.4. The number of carboxylic acids is 1. The second kappa shape index (κ2) is 8.39. The van der Waals surface area contributed by atoms with Crippen molar-refractivity contribution in [3.63, 3.8) is 0 Å². The zero-order valence-corrected chi connectivity index (χ0v) is 13.1. The molecule has 2 aromatic carbocycles. The van der Waals surface area contributed by atoms with Gasteiger partial charge in [0.2, 0.25) is 0 Å². The average molecular weight is 358 g/mol. The molecule has 0 saturated carbocycles. The summed E-state index contributed by atoms with van der Waals surface area (Å²) in [5.41, 5.74) is 0.612. The first-order chi connectivity index (χ1) is 12.4. The highest BCUT2D eigenvalue weighted by atomic mass is 19.3. The van der Waals surface area contributed by atoms with Gasteiger partial charge in [-0.15, -0.1) is 0 Å². The average Bonchev–Trinajstić information content (AvgIpc) is 2.61. The molecule has 2 N–H and O–H groups in total. The summed E-state index contributed by atoms with van der Waals surface area (Å²) >= 11 is 0. The van der Waals surface area contributed by atoms with Gasteiger partial charge in [-0.25, -0.2) is 4.79 Å². The van der Waals surface area contributed by atoms with Gasteiger partial charge in [0.05, 0.1) is 5.56 Å². The van der Waals surface area contributed by atoms with Gasteiger partial charge in [0, 0.05) is 5.69 Å². The maximum Gasteiger partial charge on any atom is 0.387 e. The van der Waals surface area contributed by atoms with Crippen LogP contribution in [0.25, 0.3) is 6.08 Å². The first-order valence-electron chi connectivity index (χ1n) is 7.20. The van der Waals surface area contributed by atoms with Crippen LogP contribution in [0.2, 0.25) is 0 Å². The summed E-state index contributed by atoms with van der Waals surface area (Å²) in [7, 11) is 0. The Balaban J connectivity index is 2.11. The van der Waals surface area contributed by atoms with Crippen LogP contribution in [0.5, 0.6) is 5.75 Å². The molecular weight excluding hydrogens is 346 g/mol. The van der Waals surface area contributed by atoms with Crippen molar-refractivity contribution in [3.8, 4) is 11.8 Å². The van der Waals surface area contributed by atoms with Gasteiger partial charge in [0.25, 0.3) is 5.91 Å². The molecule has 2 rings (SSSR count). The third-order valence-electron chi connectivity index (χ3n) is 3.17. The minimum atomic E-state index is -2.94. The van der Waals surface area contributed by atoms with Gasteiger partial charge in [-0.05, 0) is 48.0 Å². The fraction of sp³-hybridized carbons (Fsp3) is 0.0556. The second-order valence-electron chi connectivity index (χ2n) is 4.95. The van der Waals surface area contributed by atoms with Crippen molar-refractivity contribution in [2.24, 2.45) is 0 Å². The smallest absolute Gasteiger partial charge is 0.387 e. The number of carbonyl (C=O) groups excluding carboxylic acids is 1. The molecule has 0 aliphatic carbocycles. The van der Waals surface area contributed by atoms with Crippen LogP contribution in [0.3, 0.4) is 0 Å². The van der Waals surface area contributed by atoms with Gasteiger partial charge in [-0.1, -0.05) is 12.1 Å². The molecule has 26 heavy (non-hydrogen) atoms. The number of nitriles is 1. The Labute approximate surface area is 146 Å². The molecule has 0 aliphatic rings. The molecule has 0 spiro atoms. The van der Waals surface area contributed by atoms with Crippen LogP contribution in [-0.2, 0) is 4.79 Å². The van der Waals surface area contributed by atoms with E-state index in [4.69, 9.17) is 10.4 Å². The van der Waals surface area contributed by atoms with E-state index in [9.17, 15) is 18.4 Å². The molecule has 0 heterocycles. The lowest BCUT2D eigenvalue weighted by Crippen LogP contribution is -2.13. The number of anilines is 1. The van der Waals surface area contributed by atoms with Crippen molar-refractivity contribution in [2.75, 3.05) is 5.32 Å². The summed E-state index contributed by atoms with van der Waals surface area (Å²) in [6, 6.07) is 12.6. The number of amides is 1. The molecular formula is C18H12F2N2O4. The van der Waals surface area contributed by atoms with Crippen molar-refractivity contribution in [3.05, 3.63) is 65.2 Å². The number of benzene rings is 2. The summed E-state index contributed by atoms with van der Waals surface area (Å²) in [4.78, 5) is 22.9. The lowest BCUT2D eigenvalue weighted by Gasteiger charge is -2.06. The van der Waals surface area contributed by atoms with Gasteiger partial charge in [-0.3, -0.25) is 4.79 Å². The Kier molecular flexibility index (Phi) is 6.01. The van der Waals surface area contributed by atoms with Gasteiger partial charge in [-0.2, -0.15) is 14.0 Å². The normalized spacial score (nSPS) is 10.9. The van der Waals surface area contributed by atoms with Crippen molar-refractivity contribution >= 4 is 23.6 Å². The number of hydrogen-bond acceptors (Lipinski definition) is 4. The fourth-order valence-corrected chi connectivity index (χ4v) is 1.96. The van der Waals surface area contributed by atoms with Gasteiger partial charge < -0.3 is 15.2 Å². The minimum Gasteiger partial charge on any atom is -0.478 e. The standard InChI is InChI=1S/C18H12F2N2O4/c19-18(20)26-15-7-1-11(2-8-15)9-13(10-21)16(23)22-14-5-3-12(4-6-14)17(24)25/h1-9,18H,(H,22,23)(H,24,25)/b13-9+. The summed E-state index contributed by atoms with van der Waals surface area (Å²) < 4.78 is 28.4. The highest BCUT2D eigenvalue weighted by Crippen LogP contribution is 2.17. The van der Waals surface area contributed by atoms with E-state index < -0.39 is 18.5 Å². The number of hydrogen-bond donors (Lipinski definition) is 2. The molecule has 132 valence electrons. The second-order valence-corrected chi connectivity index (χ2v) is 4.95. The Morgan fingerprint density at radius 1 is 1.12 bits per heavy atom. The predicted molar refractivity (Wildman–Crippen MR) is 88.7 cm³/mol. The number of halogens is 2. The van der Waals surface area contributed by atoms with Crippen molar-refractivity contribution < 1.29 is 28.2 Å². The number of nitrogens with one attached hydrogen (secondary N) is 1. The van der Waals surface area contributed by atoms with Gasteiger partial charge in [0.15, 0.2) is 0 Å². The predicted octanol–water partition coefficient (Wildman–Crippen LogP) is 3.53. The topological polar surface area (TPSA) is 99.4 Å². The molecule has 1 amide bonds. The SMILES string of the molecule is N#C/C(=C\c1ccc(OC(F)F)cc1)C(=O)Nc1ccc(C(=O)O)cc1. The first-order valence-corrected chi connectivity index (χ1v) is 7.20. The number of alkyl halides is 2. The van der Waals surface area contributed by atoms with E-state index in [0.29, 0.717) is 11.3 Å². The number of nitrogens with zero attached hydrogens (tertiary/aromatic N) is 1. The number of aromatic carboxylic acids is 1. The van der Waals surface area contributed by atoms with Crippen LogP contribution < -0.4 is 10.1 Å². The molecule has 0 aliphatic heterocycles. The molecule has 0 aromatic heterocycles. The molecule has 0 radical (unpaired) electrons. The van der Waals surface area contributed by atoms with Crippen LogP contribution in [0.15, 0.2) is 54.1 Å². The third-order valence-corrected chi connectivity index (χ3v) is 3.17. The highest BCUT2D eigenvalue weighted by Gasteiger charge is 2.11. The van der Waals surface area contributed by atoms with E-state index in [1.54, 1.807) is 6.07 Å². The third kappa shape index (κ3) is 5.14. The summed E-state index contributed by atoms with van der Waals surface area (Å²) in [6.45, 7) is -2.94. The van der Waals surface area contributed by atoms with E-state index in [2.05, 4.69) is 10.1 Å². The Morgan fingerprint density at radius 2 is 1.73 bits per heavy atom. The molecule has 0 bridgehead atoms. The van der Waals surface area contributed by atoms with Crippen LogP contribution in [0.1, 0.15) is 15.9 Å². The van der Waals surface area contributed by atoms with E-state index >= 15 is 0 Å². The van der Waals surface area contributed by atoms with E-state index in [1.807, 2.05) is 0 Å². The molecule has 8 heteroatoms. The Morgan fingerprint density at radius 3 is 2.23 bits per heavy atom. The van der Waals surface area contributed by atoms with Crippen molar-refractivity contribution in [1.82, 2.24) is 0 Å². The fourth-order valence-electron chi connectivity index (χ4n) is 1.96. The molecule has 0 unspecified atom stereocenters. The minimum absolute atomic E-state index is 0.0429. The largest absolute Gasteiger partial charge is 0.478 e. The summed E-state index contributed by atoms with van der Waals surface area (Å²) in [6.07, 6.45) is 1.28.